The Hall–Kier alpha value is 0.0600. The minimum absolute atomic E-state index is 0.102. The van der Waals surface area contributed by atoms with Gasteiger partial charge >= 0.3 is 8.03 Å². The van der Waals surface area contributed by atoms with Crippen LogP contribution in [0.3, 0.4) is 0 Å². The topological polar surface area (TPSA) is 37.3 Å². The van der Waals surface area contributed by atoms with Gasteiger partial charge in [0.2, 0.25) is 0 Å². The second-order valence-corrected chi connectivity index (χ2v) is 4.64. The van der Waals surface area contributed by atoms with Gasteiger partial charge in [0, 0.05) is 0 Å². The van der Waals surface area contributed by atoms with Crippen LogP contribution in [0.15, 0.2) is 0 Å². The molecule has 1 aliphatic carbocycles. The number of hydrogen-bond donors (Lipinski definition) is 1. The van der Waals surface area contributed by atoms with Crippen LogP contribution in [0.4, 0.5) is 0 Å². The molecule has 0 saturated heterocycles. The molecule has 0 aromatic carbocycles. The second kappa shape index (κ2) is 4.84. The molecule has 0 aromatic rings. The Kier molecular flexibility index (Phi) is 4.03. The molecule has 1 atom stereocenters. The first kappa shape index (κ1) is 9.15. The molecule has 3 heteroatoms. The first-order valence-electron chi connectivity index (χ1n) is 4.46. The average Bonchev–Trinajstić information content (AvgIpc) is 1.84. The number of rotatable bonds is 1. The van der Waals surface area contributed by atoms with Gasteiger partial charge < -0.3 is 0 Å². The maximum Gasteiger partial charge on any atom is 0.508 e. The Morgan fingerprint density at radius 3 is 1.91 bits per heavy atom. The fourth-order valence-electron chi connectivity index (χ4n) is 1.66. The first-order valence-corrected chi connectivity index (χ1v) is 5.74. The van der Waals surface area contributed by atoms with Gasteiger partial charge in [-0.05, 0) is 30.2 Å². The van der Waals surface area contributed by atoms with Crippen LogP contribution < -0.4 is 0 Å². The summed E-state index contributed by atoms with van der Waals surface area (Å²) in [6, 6.07) is 0. The van der Waals surface area contributed by atoms with Gasteiger partial charge in [0.15, 0.2) is 5.66 Å². The van der Waals surface area contributed by atoms with Gasteiger partial charge in [-0.2, -0.15) is 4.89 Å². The van der Waals surface area contributed by atoms with E-state index in [1.165, 1.54) is 19.3 Å². The van der Waals surface area contributed by atoms with E-state index in [0.29, 0.717) is 0 Å². The highest BCUT2D eigenvalue weighted by atomic mass is 31.1. The molecule has 64 valence electrons. The van der Waals surface area contributed by atoms with E-state index < -0.39 is 8.03 Å². The van der Waals surface area contributed by atoms with Gasteiger partial charge in [-0.3, -0.25) is 0 Å². The summed E-state index contributed by atoms with van der Waals surface area (Å²) in [6.07, 6.45) is 8.03. The predicted molar refractivity (Wildman–Crippen MR) is 45.9 cm³/mol. The Balaban J connectivity index is 2.32. The van der Waals surface area contributed by atoms with Crippen molar-refractivity contribution in [2.24, 2.45) is 0 Å². The molecule has 0 bridgehead atoms. The van der Waals surface area contributed by atoms with Crippen molar-refractivity contribution >= 4 is 8.03 Å². The third-order valence-corrected chi connectivity index (χ3v) is 3.53. The molecule has 0 heterocycles. The van der Waals surface area contributed by atoms with Gasteiger partial charge in [-0.15, -0.1) is 0 Å². The zero-order chi connectivity index (χ0) is 8.10. The average molecular weight is 175 g/mol. The molecule has 0 aromatic heterocycles. The lowest BCUT2D eigenvalue weighted by Gasteiger charge is -2.08. The van der Waals surface area contributed by atoms with Crippen molar-refractivity contribution in [3.63, 3.8) is 0 Å². The van der Waals surface area contributed by atoms with Crippen LogP contribution in [0.25, 0.3) is 0 Å². The van der Waals surface area contributed by atoms with Crippen LogP contribution in [0.2, 0.25) is 0 Å². The Bertz CT molecular complexity index is 128. The molecule has 1 rings (SSSR count). The second-order valence-electron chi connectivity index (χ2n) is 3.30. The molecule has 1 fully saturated rings. The highest BCUT2D eigenvalue weighted by Gasteiger charge is 2.28. The van der Waals surface area contributed by atoms with Gasteiger partial charge in [0.05, 0.1) is 0 Å². The molecule has 1 saturated carbocycles. The van der Waals surface area contributed by atoms with Crippen molar-refractivity contribution in [1.82, 2.24) is 0 Å². The van der Waals surface area contributed by atoms with Crippen LogP contribution >= 0.6 is 8.03 Å². The van der Waals surface area contributed by atoms with E-state index in [2.05, 4.69) is 0 Å². The third-order valence-electron chi connectivity index (χ3n) is 2.39. The van der Waals surface area contributed by atoms with E-state index in [4.69, 9.17) is 4.89 Å². The summed E-state index contributed by atoms with van der Waals surface area (Å²) in [6.45, 7) is 0. The lowest BCUT2D eigenvalue weighted by atomic mass is 10.0. The molecular formula is C8H16O2P+. The van der Waals surface area contributed by atoms with E-state index >= 15 is 0 Å². The summed E-state index contributed by atoms with van der Waals surface area (Å²) in [5.74, 6) is 0. The monoisotopic (exact) mass is 175 g/mol. The molecule has 0 spiro atoms. The summed E-state index contributed by atoms with van der Waals surface area (Å²) in [5, 5.41) is 0. The van der Waals surface area contributed by atoms with E-state index in [1.807, 2.05) is 0 Å². The fourth-order valence-corrected chi connectivity index (χ4v) is 2.46. The van der Waals surface area contributed by atoms with Crippen LogP contribution in [0.1, 0.15) is 44.9 Å². The zero-order valence-electron chi connectivity index (χ0n) is 6.83. The highest BCUT2D eigenvalue weighted by molar-refractivity contribution is 7.38. The molecule has 1 N–H and O–H groups in total. The van der Waals surface area contributed by atoms with E-state index in [0.717, 1.165) is 25.7 Å². The lowest BCUT2D eigenvalue weighted by Crippen LogP contribution is -2.04. The summed E-state index contributed by atoms with van der Waals surface area (Å²) < 4.78 is 10.8. The van der Waals surface area contributed by atoms with Gasteiger partial charge in [0.1, 0.15) is 0 Å². The van der Waals surface area contributed by atoms with E-state index in [-0.39, 0.29) is 5.66 Å². The summed E-state index contributed by atoms with van der Waals surface area (Å²) >= 11 is 0. The molecular weight excluding hydrogens is 159 g/mol. The summed E-state index contributed by atoms with van der Waals surface area (Å²) in [7, 11) is -1.90. The van der Waals surface area contributed by atoms with Gasteiger partial charge in [-0.25, -0.2) is 0 Å². The zero-order valence-corrected chi connectivity index (χ0v) is 7.72. The van der Waals surface area contributed by atoms with E-state index in [9.17, 15) is 4.57 Å². The van der Waals surface area contributed by atoms with Crippen molar-refractivity contribution in [3.8, 4) is 0 Å². The van der Waals surface area contributed by atoms with Gasteiger partial charge in [0.25, 0.3) is 0 Å². The predicted octanol–water partition coefficient (Wildman–Crippen LogP) is 2.83. The maximum atomic E-state index is 10.8. The third kappa shape index (κ3) is 3.31. The molecule has 11 heavy (non-hydrogen) atoms. The van der Waals surface area contributed by atoms with Crippen LogP contribution in [-0.4, -0.2) is 10.6 Å². The molecule has 1 aliphatic rings. The standard InChI is InChI=1S/C8H15O2P/c9-11(10)8-6-4-2-1-3-5-7-8/h8H,1-7H2/p+1. The first-order chi connectivity index (χ1) is 5.30. The highest BCUT2D eigenvalue weighted by Crippen LogP contribution is 2.33. The molecule has 1 unspecified atom stereocenters. The molecule has 0 aliphatic heterocycles. The Morgan fingerprint density at radius 1 is 1.00 bits per heavy atom. The quantitative estimate of drug-likeness (QED) is 0.622. The summed E-state index contributed by atoms with van der Waals surface area (Å²) in [4.78, 5) is 8.90. The summed E-state index contributed by atoms with van der Waals surface area (Å²) in [5.41, 5.74) is 0.102. The number of hydrogen-bond acceptors (Lipinski definition) is 1. The van der Waals surface area contributed by atoms with Crippen LogP contribution in [-0.2, 0) is 4.57 Å². The van der Waals surface area contributed by atoms with Gasteiger partial charge in [-0.1, -0.05) is 19.3 Å². The minimum atomic E-state index is -1.90. The van der Waals surface area contributed by atoms with Crippen molar-refractivity contribution < 1.29 is 9.46 Å². The molecule has 0 radical (unpaired) electrons. The SMILES string of the molecule is O=[P+](O)C1CCCCCCC1. The van der Waals surface area contributed by atoms with Crippen LogP contribution in [0, 0.1) is 0 Å². The smallest absolute Gasteiger partial charge is 0.161 e. The fraction of sp³-hybridized carbons (Fsp3) is 1.00. The van der Waals surface area contributed by atoms with Crippen LogP contribution in [0.5, 0.6) is 0 Å². The lowest BCUT2D eigenvalue weighted by molar-refractivity contribution is 0.448. The maximum absolute atomic E-state index is 10.8. The van der Waals surface area contributed by atoms with Crippen molar-refractivity contribution in [3.05, 3.63) is 0 Å². The van der Waals surface area contributed by atoms with E-state index in [1.54, 1.807) is 0 Å². The molecule has 0 amide bonds. The Morgan fingerprint density at radius 2 is 1.45 bits per heavy atom. The molecule has 2 nitrogen and oxygen atoms in total. The van der Waals surface area contributed by atoms with Crippen molar-refractivity contribution in [2.45, 2.75) is 50.6 Å². The van der Waals surface area contributed by atoms with Crippen molar-refractivity contribution in [2.75, 3.05) is 0 Å². The van der Waals surface area contributed by atoms with Crippen molar-refractivity contribution in [1.29, 1.82) is 0 Å². The minimum Gasteiger partial charge on any atom is -0.161 e. The Labute approximate surface area is 68.9 Å². The normalized spacial score (nSPS) is 23.9. The largest absolute Gasteiger partial charge is 0.508 e.